The highest BCUT2D eigenvalue weighted by Gasteiger charge is 2.52. The summed E-state index contributed by atoms with van der Waals surface area (Å²) in [4.78, 5) is 52.1. The van der Waals surface area contributed by atoms with Gasteiger partial charge in [-0.25, -0.2) is 23.6 Å². The van der Waals surface area contributed by atoms with E-state index in [1.807, 2.05) is 31.2 Å². The van der Waals surface area contributed by atoms with Crippen LogP contribution in [0.2, 0.25) is 5.02 Å². The summed E-state index contributed by atoms with van der Waals surface area (Å²) in [5.41, 5.74) is 2.91. The summed E-state index contributed by atoms with van der Waals surface area (Å²) < 4.78 is 54.5. The molecule has 0 saturated carbocycles. The van der Waals surface area contributed by atoms with Crippen molar-refractivity contribution in [3.63, 3.8) is 0 Å². The molecule has 0 radical (unpaired) electrons. The highest BCUT2D eigenvalue weighted by molar-refractivity contribution is 6.30. The van der Waals surface area contributed by atoms with Crippen molar-refractivity contribution in [2.75, 3.05) is 35.8 Å². The molecule has 16 heteroatoms. The Bertz CT molecular complexity index is 1920. The summed E-state index contributed by atoms with van der Waals surface area (Å²) in [6.45, 7) is 5.15. The standard InChI is InChI=1S/C40H41ClFN3O11/c1-4-50-36(46)26-10-16-29(17-11-26)44-40(49)56-34-33(55-39(48)45-31-20-14-28(42)15-21-31)32(23-53-38(47)43-30-18-12-27(41)13-19-30)54-37(51-5-2)35(34)52-22-25-8-6-24(3)7-9-25/h6-21,32-35,37H,4-5,22-23H2,1-3H3,(H,43,47)(H,44,49)(H,45,48)/t32-,33-,34+,35-,37+/m1/s1. The normalized spacial score (nSPS) is 18.9. The number of nitrogens with one attached hydrogen (secondary N) is 3. The molecule has 1 aliphatic rings. The molecule has 1 heterocycles. The van der Waals surface area contributed by atoms with Crippen LogP contribution in [0.3, 0.4) is 0 Å². The van der Waals surface area contributed by atoms with Gasteiger partial charge in [-0.1, -0.05) is 41.4 Å². The molecule has 4 aromatic carbocycles. The highest BCUT2D eigenvalue weighted by Crippen LogP contribution is 2.31. The molecule has 3 amide bonds. The summed E-state index contributed by atoms with van der Waals surface area (Å²) >= 11 is 5.96. The number of carbonyl (C=O) groups excluding carboxylic acids is 4. The number of hydrogen-bond acceptors (Lipinski definition) is 11. The van der Waals surface area contributed by atoms with Gasteiger partial charge in [0.1, 0.15) is 24.6 Å². The average Bonchev–Trinajstić information content (AvgIpc) is 3.17. The Kier molecular flexibility index (Phi) is 15.0. The molecule has 0 aromatic heterocycles. The molecule has 0 aliphatic carbocycles. The molecule has 4 aromatic rings. The van der Waals surface area contributed by atoms with E-state index < -0.39 is 67.4 Å². The molecule has 1 fully saturated rings. The summed E-state index contributed by atoms with van der Waals surface area (Å²) in [6.07, 6.45) is -9.56. The maximum Gasteiger partial charge on any atom is 0.412 e. The molecule has 5 atom stereocenters. The molecule has 3 N–H and O–H groups in total. The Hall–Kier alpha value is -5.74. The molecule has 1 aliphatic heterocycles. The smallest absolute Gasteiger partial charge is 0.412 e. The fraction of sp³-hybridized carbons (Fsp3) is 0.300. The van der Waals surface area contributed by atoms with Gasteiger partial charge in [-0.3, -0.25) is 16.0 Å². The predicted octanol–water partition coefficient (Wildman–Crippen LogP) is 8.09. The lowest BCUT2D eigenvalue weighted by Gasteiger charge is -2.44. The third kappa shape index (κ3) is 12.1. The van der Waals surface area contributed by atoms with Gasteiger partial charge >= 0.3 is 24.2 Å². The lowest BCUT2D eigenvalue weighted by atomic mass is 9.98. The minimum absolute atomic E-state index is 0.00778. The van der Waals surface area contributed by atoms with Crippen LogP contribution in [-0.2, 0) is 39.8 Å². The second kappa shape index (κ2) is 20.3. The van der Waals surface area contributed by atoms with Crippen molar-refractivity contribution >= 4 is 52.9 Å². The Morgan fingerprint density at radius 3 is 1.80 bits per heavy atom. The van der Waals surface area contributed by atoms with Crippen molar-refractivity contribution in [3.05, 3.63) is 125 Å². The van der Waals surface area contributed by atoms with Crippen LogP contribution in [0.15, 0.2) is 97.1 Å². The number of anilines is 3. The van der Waals surface area contributed by atoms with Crippen LogP contribution >= 0.6 is 11.6 Å². The second-order valence-corrected chi connectivity index (χ2v) is 12.7. The fourth-order valence-corrected chi connectivity index (χ4v) is 5.59. The first-order valence-electron chi connectivity index (χ1n) is 17.6. The van der Waals surface area contributed by atoms with Gasteiger partial charge in [0.15, 0.2) is 18.5 Å². The van der Waals surface area contributed by atoms with Crippen molar-refractivity contribution in [3.8, 4) is 0 Å². The number of aryl methyl sites for hydroxylation is 1. The van der Waals surface area contributed by atoms with Crippen LogP contribution in [0, 0.1) is 12.7 Å². The van der Waals surface area contributed by atoms with E-state index in [9.17, 15) is 23.6 Å². The number of hydrogen-bond donors (Lipinski definition) is 3. The maximum atomic E-state index is 13.6. The number of rotatable bonds is 14. The summed E-state index contributed by atoms with van der Waals surface area (Å²) in [5, 5.41) is 8.15. The average molecular weight is 794 g/mol. The van der Waals surface area contributed by atoms with E-state index in [-0.39, 0.29) is 36.8 Å². The number of ether oxygens (including phenoxy) is 7. The summed E-state index contributed by atoms with van der Waals surface area (Å²) in [5.74, 6) is -1.06. The molecule has 5 rings (SSSR count). The van der Waals surface area contributed by atoms with Crippen LogP contribution in [-0.4, -0.2) is 74.8 Å². The van der Waals surface area contributed by atoms with Crippen molar-refractivity contribution in [1.82, 2.24) is 0 Å². The number of carbonyl (C=O) groups is 4. The zero-order valence-corrected chi connectivity index (χ0v) is 31.5. The molecule has 0 bridgehead atoms. The first-order valence-corrected chi connectivity index (χ1v) is 18.0. The predicted molar refractivity (Wildman–Crippen MR) is 203 cm³/mol. The van der Waals surface area contributed by atoms with Crippen molar-refractivity contribution < 1.29 is 56.7 Å². The van der Waals surface area contributed by atoms with E-state index in [0.717, 1.165) is 23.3 Å². The van der Waals surface area contributed by atoms with Crippen molar-refractivity contribution in [2.24, 2.45) is 0 Å². The Morgan fingerprint density at radius 2 is 1.21 bits per heavy atom. The second-order valence-electron chi connectivity index (χ2n) is 12.3. The first kappa shape index (κ1) is 41.4. The largest absolute Gasteiger partial charge is 0.462 e. The Labute approximate surface area is 327 Å². The quantitative estimate of drug-likeness (QED) is 0.0833. The van der Waals surface area contributed by atoms with Crippen LogP contribution < -0.4 is 16.0 Å². The number of esters is 1. The third-order valence-electron chi connectivity index (χ3n) is 8.17. The van der Waals surface area contributed by atoms with Gasteiger partial charge in [-0.05, 0) is 99.1 Å². The van der Waals surface area contributed by atoms with Crippen LogP contribution in [0.25, 0.3) is 0 Å². The fourth-order valence-electron chi connectivity index (χ4n) is 5.46. The molecule has 14 nitrogen and oxygen atoms in total. The zero-order valence-electron chi connectivity index (χ0n) is 30.7. The third-order valence-corrected chi connectivity index (χ3v) is 8.43. The first-order chi connectivity index (χ1) is 27.0. The van der Waals surface area contributed by atoms with E-state index in [4.69, 9.17) is 44.8 Å². The van der Waals surface area contributed by atoms with E-state index in [1.54, 1.807) is 38.1 Å². The molecule has 56 heavy (non-hydrogen) atoms. The maximum absolute atomic E-state index is 13.6. The van der Waals surface area contributed by atoms with E-state index >= 15 is 0 Å². The molecule has 296 valence electrons. The minimum atomic E-state index is -1.49. The van der Waals surface area contributed by atoms with Crippen molar-refractivity contribution in [2.45, 2.75) is 58.1 Å². The summed E-state index contributed by atoms with van der Waals surface area (Å²) in [6, 6.07) is 24.6. The number of amides is 3. The molecule has 1 saturated heterocycles. The van der Waals surface area contributed by atoms with Crippen LogP contribution in [0.1, 0.15) is 35.3 Å². The Balaban J connectivity index is 1.44. The number of halogens is 2. The van der Waals surface area contributed by atoms with Gasteiger partial charge in [0, 0.05) is 28.7 Å². The highest BCUT2D eigenvalue weighted by atomic mass is 35.5. The Morgan fingerprint density at radius 1 is 0.661 bits per heavy atom. The van der Waals surface area contributed by atoms with Gasteiger partial charge in [0.2, 0.25) is 0 Å². The van der Waals surface area contributed by atoms with Gasteiger partial charge < -0.3 is 33.2 Å². The van der Waals surface area contributed by atoms with Gasteiger partial charge in [-0.2, -0.15) is 0 Å². The lowest BCUT2D eigenvalue weighted by Crippen LogP contribution is -2.63. The van der Waals surface area contributed by atoms with Gasteiger partial charge in [0.05, 0.1) is 18.8 Å². The molecular weight excluding hydrogens is 753 g/mol. The zero-order chi connectivity index (χ0) is 40.0. The number of benzene rings is 4. The molecule has 0 spiro atoms. The van der Waals surface area contributed by atoms with Gasteiger partial charge in [0.25, 0.3) is 0 Å². The lowest BCUT2D eigenvalue weighted by molar-refractivity contribution is -0.308. The summed E-state index contributed by atoms with van der Waals surface area (Å²) in [7, 11) is 0. The topological polar surface area (TPSA) is 169 Å². The van der Waals surface area contributed by atoms with Crippen molar-refractivity contribution in [1.29, 1.82) is 0 Å². The van der Waals surface area contributed by atoms with Crippen LogP contribution in [0.4, 0.5) is 35.8 Å². The van der Waals surface area contributed by atoms with E-state index in [0.29, 0.717) is 10.7 Å². The van der Waals surface area contributed by atoms with Crippen LogP contribution in [0.5, 0.6) is 0 Å². The monoisotopic (exact) mass is 793 g/mol. The van der Waals surface area contributed by atoms with E-state index in [2.05, 4.69) is 16.0 Å². The van der Waals surface area contributed by atoms with Gasteiger partial charge in [-0.15, -0.1) is 0 Å². The SMILES string of the molecule is CCOC(=O)c1ccc(NC(=O)O[C@@H]2[C@@H](OCc3ccc(C)cc3)[C@@H](OCC)O[C@H](COC(=O)Nc3ccc(Cl)cc3)[C@H]2OC(=O)Nc2ccc(F)cc2)cc1. The van der Waals surface area contributed by atoms with E-state index in [1.165, 1.54) is 36.4 Å². The minimum Gasteiger partial charge on any atom is -0.462 e. The molecular formula is C40H41ClFN3O11. The molecule has 0 unspecified atom stereocenters.